The van der Waals surface area contributed by atoms with Crippen LogP contribution in [0.15, 0.2) is 60.7 Å². The standard InChI is InChI=1S/C27H28O9/c1-35-24(32)4-2-3-5-25(33)36-27(21-14-8-19(9-15-21)11-17-23(30)31)26(34)20-12-6-18(7-13-20)10-16-22(28)29/h6-17,26-27,34H,2-5H2,1H3,(H,28,29)(H,30,31). The van der Waals surface area contributed by atoms with Crippen LogP contribution in [0.5, 0.6) is 0 Å². The number of carbonyl (C=O) groups excluding carboxylic acids is 2. The van der Waals surface area contributed by atoms with E-state index in [0.717, 1.165) is 12.2 Å². The summed E-state index contributed by atoms with van der Waals surface area (Å²) in [6, 6.07) is 13.0. The molecule has 0 heterocycles. The maximum atomic E-state index is 12.5. The predicted molar refractivity (Wildman–Crippen MR) is 131 cm³/mol. The molecule has 0 fully saturated rings. The van der Waals surface area contributed by atoms with Crippen molar-refractivity contribution in [3.8, 4) is 0 Å². The lowest BCUT2D eigenvalue weighted by atomic mass is 9.96. The number of hydrogen-bond acceptors (Lipinski definition) is 7. The fourth-order valence-corrected chi connectivity index (χ4v) is 3.27. The molecule has 0 aliphatic heterocycles. The van der Waals surface area contributed by atoms with Crippen LogP contribution in [0.2, 0.25) is 0 Å². The third-order valence-corrected chi connectivity index (χ3v) is 5.16. The number of aliphatic hydroxyl groups is 1. The van der Waals surface area contributed by atoms with Gasteiger partial charge in [-0.2, -0.15) is 0 Å². The minimum atomic E-state index is -1.23. The average Bonchev–Trinajstić information content (AvgIpc) is 2.87. The second-order valence-electron chi connectivity index (χ2n) is 7.82. The number of carboxylic acids is 2. The summed E-state index contributed by atoms with van der Waals surface area (Å²) in [5.74, 6) is -3.09. The average molecular weight is 497 g/mol. The van der Waals surface area contributed by atoms with E-state index in [4.69, 9.17) is 14.9 Å². The van der Waals surface area contributed by atoms with Gasteiger partial charge in [0, 0.05) is 25.0 Å². The summed E-state index contributed by atoms with van der Waals surface area (Å²) in [5.41, 5.74) is 2.16. The maximum absolute atomic E-state index is 12.5. The van der Waals surface area contributed by atoms with Crippen molar-refractivity contribution in [2.45, 2.75) is 37.9 Å². The second-order valence-corrected chi connectivity index (χ2v) is 7.82. The van der Waals surface area contributed by atoms with Crippen LogP contribution < -0.4 is 0 Å². The summed E-state index contributed by atoms with van der Waals surface area (Å²) < 4.78 is 10.2. The molecule has 0 amide bonds. The number of rotatable bonds is 13. The fourth-order valence-electron chi connectivity index (χ4n) is 3.27. The summed E-state index contributed by atoms with van der Waals surface area (Å²) in [4.78, 5) is 45.2. The van der Waals surface area contributed by atoms with Gasteiger partial charge in [-0.15, -0.1) is 0 Å². The SMILES string of the molecule is COC(=O)CCCCC(=O)OC(c1ccc(C=CC(=O)O)cc1)C(O)c1ccc(C=CC(=O)O)cc1. The zero-order valence-corrected chi connectivity index (χ0v) is 19.7. The molecule has 0 spiro atoms. The third kappa shape index (κ3) is 9.55. The highest BCUT2D eigenvalue weighted by Crippen LogP contribution is 2.33. The Kier molecular flexibility index (Phi) is 11.1. The molecule has 2 aromatic rings. The van der Waals surface area contributed by atoms with Gasteiger partial charge in [-0.05, 0) is 47.2 Å². The first kappa shape index (κ1) is 28.0. The van der Waals surface area contributed by atoms with Gasteiger partial charge >= 0.3 is 23.9 Å². The highest BCUT2D eigenvalue weighted by atomic mass is 16.6. The molecular formula is C27H28O9. The van der Waals surface area contributed by atoms with Crippen molar-refractivity contribution in [1.29, 1.82) is 0 Å². The predicted octanol–water partition coefficient (Wildman–Crippen LogP) is 3.93. The number of aliphatic carboxylic acids is 2. The van der Waals surface area contributed by atoms with Gasteiger partial charge in [0.25, 0.3) is 0 Å². The first-order chi connectivity index (χ1) is 17.2. The van der Waals surface area contributed by atoms with Gasteiger partial charge < -0.3 is 24.8 Å². The first-order valence-electron chi connectivity index (χ1n) is 11.2. The topological polar surface area (TPSA) is 147 Å². The maximum Gasteiger partial charge on any atom is 0.328 e. The number of carbonyl (C=O) groups is 4. The molecule has 0 aliphatic rings. The summed E-state index contributed by atoms with van der Waals surface area (Å²) in [6.07, 6.45) is 3.60. The Bertz CT molecular complexity index is 1100. The summed E-state index contributed by atoms with van der Waals surface area (Å²) in [5, 5.41) is 28.6. The summed E-state index contributed by atoms with van der Waals surface area (Å²) in [7, 11) is 1.29. The largest absolute Gasteiger partial charge is 0.478 e. The number of unbranched alkanes of at least 4 members (excludes halogenated alkanes) is 1. The number of ether oxygens (including phenoxy) is 2. The van der Waals surface area contributed by atoms with E-state index in [0.29, 0.717) is 35.1 Å². The van der Waals surface area contributed by atoms with Crippen LogP contribution in [0.3, 0.4) is 0 Å². The first-order valence-corrected chi connectivity index (χ1v) is 11.2. The van der Waals surface area contributed by atoms with Crippen LogP contribution >= 0.6 is 0 Å². The van der Waals surface area contributed by atoms with E-state index in [1.54, 1.807) is 48.5 Å². The summed E-state index contributed by atoms with van der Waals surface area (Å²) >= 11 is 0. The minimum absolute atomic E-state index is 0.0402. The van der Waals surface area contributed by atoms with E-state index in [1.807, 2.05) is 0 Å². The van der Waals surface area contributed by atoms with E-state index in [9.17, 15) is 24.3 Å². The second kappa shape index (κ2) is 14.2. The molecule has 2 rings (SSSR count). The Labute approximate surface area is 208 Å². The van der Waals surface area contributed by atoms with Gasteiger partial charge in [0.2, 0.25) is 0 Å². The lowest BCUT2D eigenvalue weighted by Gasteiger charge is -2.24. The Morgan fingerprint density at radius 3 is 1.64 bits per heavy atom. The van der Waals surface area contributed by atoms with Crippen LogP contribution in [-0.4, -0.2) is 46.3 Å². The van der Waals surface area contributed by atoms with Gasteiger partial charge in [-0.25, -0.2) is 9.59 Å². The van der Waals surface area contributed by atoms with Crippen LogP contribution in [-0.2, 0) is 28.7 Å². The molecule has 0 radical (unpaired) electrons. The molecule has 3 N–H and O–H groups in total. The molecule has 2 unspecified atom stereocenters. The number of benzene rings is 2. The fraction of sp³-hybridized carbons (Fsp3) is 0.259. The van der Waals surface area contributed by atoms with Crippen molar-refractivity contribution in [1.82, 2.24) is 0 Å². The molecule has 9 heteroatoms. The van der Waals surface area contributed by atoms with E-state index < -0.39 is 30.1 Å². The molecule has 0 aromatic heterocycles. The normalized spacial score (nSPS) is 12.8. The van der Waals surface area contributed by atoms with Gasteiger partial charge in [0.15, 0.2) is 6.10 Å². The van der Waals surface area contributed by atoms with Crippen molar-refractivity contribution in [3.05, 3.63) is 82.9 Å². The van der Waals surface area contributed by atoms with Crippen LogP contribution in [0.1, 0.15) is 60.1 Å². The van der Waals surface area contributed by atoms with Gasteiger partial charge in [0.1, 0.15) is 6.10 Å². The molecule has 36 heavy (non-hydrogen) atoms. The molecule has 9 nitrogen and oxygen atoms in total. The highest BCUT2D eigenvalue weighted by molar-refractivity contribution is 5.85. The Hall–Kier alpha value is -4.24. The molecular weight excluding hydrogens is 468 g/mol. The lowest BCUT2D eigenvalue weighted by molar-refractivity contribution is -0.156. The van der Waals surface area contributed by atoms with Gasteiger partial charge in [-0.3, -0.25) is 9.59 Å². The van der Waals surface area contributed by atoms with E-state index >= 15 is 0 Å². The quantitative estimate of drug-likeness (QED) is 0.213. The molecule has 0 saturated carbocycles. The minimum Gasteiger partial charge on any atom is -0.478 e. The van der Waals surface area contributed by atoms with Gasteiger partial charge in [0.05, 0.1) is 7.11 Å². The van der Waals surface area contributed by atoms with E-state index in [-0.39, 0.29) is 18.8 Å². The van der Waals surface area contributed by atoms with E-state index in [1.165, 1.54) is 19.3 Å². The van der Waals surface area contributed by atoms with Crippen molar-refractivity contribution in [3.63, 3.8) is 0 Å². The Morgan fingerprint density at radius 2 is 1.19 bits per heavy atom. The van der Waals surface area contributed by atoms with Crippen LogP contribution in [0.25, 0.3) is 12.2 Å². The molecule has 190 valence electrons. The van der Waals surface area contributed by atoms with Crippen molar-refractivity contribution >= 4 is 36.0 Å². The van der Waals surface area contributed by atoms with E-state index in [2.05, 4.69) is 4.74 Å². The lowest BCUT2D eigenvalue weighted by Crippen LogP contribution is -2.18. The molecule has 0 saturated heterocycles. The number of carboxylic acid groups (broad SMARTS) is 2. The molecule has 0 aliphatic carbocycles. The van der Waals surface area contributed by atoms with Crippen molar-refractivity contribution in [2.75, 3.05) is 7.11 Å². The van der Waals surface area contributed by atoms with Crippen LogP contribution in [0, 0.1) is 0 Å². The Morgan fingerprint density at radius 1 is 0.750 bits per heavy atom. The molecule has 0 bridgehead atoms. The highest BCUT2D eigenvalue weighted by Gasteiger charge is 2.27. The number of esters is 2. The van der Waals surface area contributed by atoms with Crippen molar-refractivity contribution in [2.24, 2.45) is 0 Å². The zero-order chi connectivity index (χ0) is 26.5. The Balaban J connectivity index is 2.21. The number of aliphatic hydroxyl groups excluding tert-OH is 1. The van der Waals surface area contributed by atoms with Gasteiger partial charge in [-0.1, -0.05) is 48.5 Å². The number of hydrogen-bond donors (Lipinski definition) is 3. The molecule has 2 aromatic carbocycles. The third-order valence-electron chi connectivity index (χ3n) is 5.16. The smallest absolute Gasteiger partial charge is 0.328 e. The number of methoxy groups -OCH3 is 1. The molecule has 2 atom stereocenters. The zero-order valence-electron chi connectivity index (χ0n) is 19.7. The summed E-state index contributed by atoms with van der Waals surface area (Å²) in [6.45, 7) is 0. The van der Waals surface area contributed by atoms with Crippen molar-refractivity contribution < 1.29 is 44.0 Å². The van der Waals surface area contributed by atoms with Crippen LogP contribution in [0.4, 0.5) is 0 Å². The monoisotopic (exact) mass is 496 g/mol.